The maximum Gasteiger partial charge on any atom is 0.344 e. The van der Waals surface area contributed by atoms with E-state index in [0.29, 0.717) is 19.3 Å². The third-order valence-corrected chi connectivity index (χ3v) is 1.47. The maximum absolute atomic E-state index is 11.4. The molecule has 1 heterocycles. The molecular formula is C9H16NO3. The topological polar surface area (TPSA) is 47.6 Å². The van der Waals surface area contributed by atoms with E-state index in [0.717, 1.165) is 6.54 Å². The fourth-order valence-electron chi connectivity index (χ4n) is 0.965. The quantitative estimate of drug-likeness (QED) is 0.605. The van der Waals surface area contributed by atoms with Crippen molar-refractivity contribution >= 4 is 5.97 Å². The molecule has 1 rings (SSSR count). The van der Waals surface area contributed by atoms with E-state index in [4.69, 9.17) is 9.47 Å². The Morgan fingerprint density at radius 1 is 1.54 bits per heavy atom. The highest BCUT2D eigenvalue weighted by atomic mass is 16.6. The number of hydrogen-bond donors (Lipinski definition) is 1. The molecule has 0 aromatic rings. The first-order chi connectivity index (χ1) is 5.99. The van der Waals surface area contributed by atoms with Gasteiger partial charge in [-0.2, -0.15) is 0 Å². The van der Waals surface area contributed by atoms with Crippen LogP contribution in [0.15, 0.2) is 0 Å². The number of morpholine rings is 1. The van der Waals surface area contributed by atoms with E-state index in [1.165, 1.54) is 0 Å². The first-order valence-electron chi connectivity index (χ1n) is 4.42. The van der Waals surface area contributed by atoms with Crippen LogP contribution in [0.1, 0.15) is 20.8 Å². The zero-order valence-electron chi connectivity index (χ0n) is 8.35. The molecule has 0 unspecified atom stereocenters. The van der Waals surface area contributed by atoms with Crippen molar-refractivity contribution in [2.45, 2.75) is 26.4 Å². The minimum absolute atomic E-state index is 0.361. The molecule has 13 heavy (non-hydrogen) atoms. The Balaban J connectivity index is 2.38. The first-order valence-corrected chi connectivity index (χ1v) is 4.42. The van der Waals surface area contributed by atoms with E-state index >= 15 is 0 Å². The molecule has 1 N–H and O–H groups in total. The third-order valence-electron chi connectivity index (χ3n) is 1.47. The molecule has 1 aliphatic rings. The summed E-state index contributed by atoms with van der Waals surface area (Å²) in [6.07, 6.45) is 0.376. The highest BCUT2D eigenvalue weighted by Crippen LogP contribution is 2.14. The van der Waals surface area contributed by atoms with Crippen LogP contribution < -0.4 is 5.32 Å². The van der Waals surface area contributed by atoms with Gasteiger partial charge in [0.15, 0.2) is 0 Å². The SMILES string of the molecule is CC(C)(C)OC(=O)[C]1CNCCO1. The number of carbonyl (C=O) groups is 1. The van der Waals surface area contributed by atoms with Crippen molar-refractivity contribution in [3.05, 3.63) is 6.10 Å². The first kappa shape index (κ1) is 10.5. The lowest BCUT2D eigenvalue weighted by Crippen LogP contribution is -2.40. The number of nitrogens with one attached hydrogen (secondary N) is 1. The van der Waals surface area contributed by atoms with Gasteiger partial charge in [0.05, 0.1) is 6.61 Å². The molecule has 1 saturated heterocycles. The molecule has 0 bridgehead atoms. The number of carbonyl (C=O) groups excluding carboxylic acids is 1. The molecular weight excluding hydrogens is 170 g/mol. The summed E-state index contributed by atoms with van der Waals surface area (Å²) in [4.78, 5) is 11.4. The van der Waals surface area contributed by atoms with E-state index in [2.05, 4.69) is 5.32 Å². The van der Waals surface area contributed by atoms with E-state index in [-0.39, 0.29) is 5.97 Å². The summed E-state index contributed by atoms with van der Waals surface area (Å²) in [6.45, 7) is 7.29. The lowest BCUT2D eigenvalue weighted by atomic mass is 10.2. The van der Waals surface area contributed by atoms with Crippen molar-refractivity contribution in [1.29, 1.82) is 0 Å². The van der Waals surface area contributed by atoms with Crippen LogP contribution in [0.3, 0.4) is 0 Å². The standard InChI is InChI=1S/C9H16NO3/c1-9(2,3)13-8(11)7-6-10-4-5-12-7/h10H,4-6H2,1-3H3. The van der Waals surface area contributed by atoms with Crippen LogP contribution in [-0.4, -0.2) is 31.3 Å². The van der Waals surface area contributed by atoms with E-state index in [1.807, 2.05) is 20.8 Å². The highest BCUT2D eigenvalue weighted by molar-refractivity contribution is 5.83. The van der Waals surface area contributed by atoms with Crippen molar-refractivity contribution < 1.29 is 14.3 Å². The summed E-state index contributed by atoms with van der Waals surface area (Å²) in [5.41, 5.74) is -0.453. The van der Waals surface area contributed by atoms with Gasteiger partial charge >= 0.3 is 5.97 Å². The average molecular weight is 186 g/mol. The lowest BCUT2D eigenvalue weighted by molar-refractivity contribution is -0.160. The molecule has 1 aliphatic heterocycles. The van der Waals surface area contributed by atoms with Crippen molar-refractivity contribution in [3.63, 3.8) is 0 Å². The number of hydrogen-bond acceptors (Lipinski definition) is 4. The van der Waals surface area contributed by atoms with Crippen molar-refractivity contribution in [2.24, 2.45) is 0 Å². The smallest absolute Gasteiger partial charge is 0.344 e. The molecule has 0 atom stereocenters. The number of esters is 1. The van der Waals surface area contributed by atoms with Gasteiger partial charge in [0.1, 0.15) is 5.60 Å². The second-order valence-corrected chi connectivity index (χ2v) is 3.95. The third kappa shape index (κ3) is 3.74. The fourth-order valence-corrected chi connectivity index (χ4v) is 0.965. The summed E-state index contributed by atoms with van der Waals surface area (Å²) in [5, 5.41) is 3.04. The second kappa shape index (κ2) is 4.07. The van der Waals surface area contributed by atoms with E-state index < -0.39 is 5.60 Å². The average Bonchev–Trinajstić information content (AvgIpc) is 2.03. The Bertz CT molecular complexity index is 180. The van der Waals surface area contributed by atoms with Crippen LogP contribution in [0.2, 0.25) is 0 Å². The minimum atomic E-state index is -0.453. The summed E-state index contributed by atoms with van der Waals surface area (Å²) < 4.78 is 10.3. The van der Waals surface area contributed by atoms with Crippen LogP contribution in [0.25, 0.3) is 0 Å². The van der Waals surface area contributed by atoms with Gasteiger partial charge in [0.25, 0.3) is 0 Å². The van der Waals surface area contributed by atoms with Crippen molar-refractivity contribution in [1.82, 2.24) is 5.32 Å². The molecule has 1 radical (unpaired) electrons. The molecule has 0 saturated carbocycles. The largest absolute Gasteiger partial charge is 0.458 e. The van der Waals surface area contributed by atoms with Crippen LogP contribution in [0.5, 0.6) is 0 Å². The molecule has 4 nitrogen and oxygen atoms in total. The summed E-state index contributed by atoms with van der Waals surface area (Å²) >= 11 is 0. The van der Waals surface area contributed by atoms with E-state index in [9.17, 15) is 4.79 Å². The fraction of sp³-hybridized carbons (Fsp3) is 0.778. The zero-order valence-corrected chi connectivity index (χ0v) is 8.35. The Morgan fingerprint density at radius 3 is 2.69 bits per heavy atom. The van der Waals surface area contributed by atoms with Crippen LogP contribution >= 0.6 is 0 Å². The number of rotatable bonds is 1. The van der Waals surface area contributed by atoms with Gasteiger partial charge in [-0.3, -0.25) is 0 Å². The predicted molar refractivity (Wildman–Crippen MR) is 47.9 cm³/mol. The maximum atomic E-state index is 11.4. The van der Waals surface area contributed by atoms with Crippen LogP contribution in [0.4, 0.5) is 0 Å². The Morgan fingerprint density at radius 2 is 2.23 bits per heavy atom. The lowest BCUT2D eigenvalue weighted by Gasteiger charge is -2.25. The summed E-state index contributed by atoms with van der Waals surface area (Å²) in [7, 11) is 0. The molecule has 0 aromatic heterocycles. The molecule has 0 spiro atoms. The normalized spacial score (nSPS) is 19.9. The van der Waals surface area contributed by atoms with Gasteiger partial charge in [-0.15, -0.1) is 0 Å². The van der Waals surface area contributed by atoms with Gasteiger partial charge < -0.3 is 14.8 Å². The van der Waals surface area contributed by atoms with E-state index in [1.54, 1.807) is 0 Å². The van der Waals surface area contributed by atoms with Crippen LogP contribution in [-0.2, 0) is 14.3 Å². The van der Waals surface area contributed by atoms with Gasteiger partial charge in [-0.1, -0.05) is 0 Å². The van der Waals surface area contributed by atoms with Gasteiger partial charge in [0.2, 0.25) is 6.10 Å². The zero-order chi connectivity index (χ0) is 9.90. The van der Waals surface area contributed by atoms with Crippen molar-refractivity contribution in [2.75, 3.05) is 19.7 Å². The Kier molecular flexibility index (Phi) is 3.27. The summed E-state index contributed by atoms with van der Waals surface area (Å²) in [5.74, 6) is -0.361. The summed E-state index contributed by atoms with van der Waals surface area (Å²) in [6, 6.07) is 0. The molecule has 0 aliphatic carbocycles. The number of ether oxygens (including phenoxy) is 2. The van der Waals surface area contributed by atoms with Gasteiger partial charge in [-0.25, -0.2) is 4.79 Å². The molecule has 4 heteroatoms. The van der Waals surface area contributed by atoms with Crippen molar-refractivity contribution in [3.8, 4) is 0 Å². The van der Waals surface area contributed by atoms with Gasteiger partial charge in [0, 0.05) is 13.1 Å². The monoisotopic (exact) mass is 186 g/mol. The highest BCUT2D eigenvalue weighted by Gasteiger charge is 2.28. The second-order valence-electron chi connectivity index (χ2n) is 3.95. The Labute approximate surface area is 78.6 Å². The molecule has 0 amide bonds. The van der Waals surface area contributed by atoms with Crippen LogP contribution in [0, 0.1) is 6.10 Å². The minimum Gasteiger partial charge on any atom is -0.458 e. The molecule has 75 valence electrons. The predicted octanol–water partition coefficient (Wildman–Crippen LogP) is 0.480. The molecule has 1 fully saturated rings. The van der Waals surface area contributed by atoms with Gasteiger partial charge in [-0.05, 0) is 20.8 Å². The Hall–Kier alpha value is -0.610. The molecule has 0 aromatic carbocycles.